The monoisotopic (exact) mass is 372 g/mol. The maximum absolute atomic E-state index is 12.6. The van der Waals surface area contributed by atoms with Gasteiger partial charge in [-0.15, -0.1) is 0 Å². The van der Waals surface area contributed by atoms with E-state index in [-0.39, 0.29) is 0 Å². The van der Waals surface area contributed by atoms with Gasteiger partial charge in [-0.1, -0.05) is 78.9 Å². The van der Waals surface area contributed by atoms with Crippen molar-refractivity contribution in [2.24, 2.45) is 0 Å². The predicted molar refractivity (Wildman–Crippen MR) is 110 cm³/mol. The SMILES string of the molecule is CS(=O)(=O)n1nc2c3ccccc3c3ccccc3c2c1-c1ccccc1. The van der Waals surface area contributed by atoms with E-state index in [1.807, 2.05) is 66.7 Å². The summed E-state index contributed by atoms with van der Waals surface area (Å²) in [6.45, 7) is 0. The van der Waals surface area contributed by atoms with Gasteiger partial charge in [-0.2, -0.15) is 9.19 Å². The summed E-state index contributed by atoms with van der Waals surface area (Å²) in [5.41, 5.74) is 2.13. The van der Waals surface area contributed by atoms with E-state index in [9.17, 15) is 8.42 Å². The van der Waals surface area contributed by atoms with E-state index < -0.39 is 10.0 Å². The molecule has 0 N–H and O–H groups in total. The lowest BCUT2D eigenvalue weighted by atomic mass is 9.95. The van der Waals surface area contributed by atoms with Crippen LogP contribution in [0.1, 0.15) is 0 Å². The van der Waals surface area contributed by atoms with Crippen LogP contribution < -0.4 is 0 Å². The Morgan fingerprint density at radius 1 is 0.704 bits per heavy atom. The highest BCUT2D eigenvalue weighted by Crippen LogP contribution is 2.40. The van der Waals surface area contributed by atoms with Crippen molar-refractivity contribution in [3.8, 4) is 11.3 Å². The molecule has 0 atom stereocenters. The zero-order valence-corrected chi connectivity index (χ0v) is 15.4. The summed E-state index contributed by atoms with van der Waals surface area (Å²) in [7, 11) is -3.58. The molecule has 0 aliphatic heterocycles. The molecule has 5 aromatic rings. The second-order valence-electron chi connectivity index (χ2n) is 6.64. The fourth-order valence-corrected chi connectivity index (χ4v) is 4.55. The van der Waals surface area contributed by atoms with Gasteiger partial charge in [-0.25, -0.2) is 8.42 Å². The van der Waals surface area contributed by atoms with E-state index in [0.29, 0.717) is 11.2 Å². The highest BCUT2D eigenvalue weighted by atomic mass is 32.2. The summed E-state index contributed by atoms with van der Waals surface area (Å²) < 4.78 is 26.3. The van der Waals surface area contributed by atoms with E-state index in [4.69, 9.17) is 0 Å². The first-order valence-corrected chi connectivity index (χ1v) is 10.5. The lowest BCUT2D eigenvalue weighted by Crippen LogP contribution is -2.13. The van der Waals surface area contributed by atoms with Crippen molar-refractivity contribution in [1.82, 2.24) is 9.19 Å². The summed E-state index contributed by atoms with van der Waals surface area (Å²) in [6.07, 6.45) is 1.19. The Kier molecular flexibility index (Phi) is 3.36. The van der Waals surface area contributed by atoms with Gasteiger partial charge < -0.3 is 0 Å². The number of aromatic nitrogens is 2. The van der Waals surface area contributed by atoms with E-state index in [2.05, 4.69) is 17.2 Å². The Balaban J connectivity index is 2.14. The van der Waals surface area contributed by atoms with E-state index in [1.54, 1.807) is 0 Å². The minimum Gasteiger partial charge on any atom is -0.205 e. The maximum Gasteiger partial charge on any atom is 0.251 e. The molecule has 0 amide bonds. The molecule has 4 nitrogen and oxygen atoms in total. The van der Waals surface area contributed by atoms with Crippen molar-refractivity contribution in [3.05, 3.63) is 78.9 Å². The molecule has 0 aliphatic rings. The van der Waals surface area contributed by atoms with Crippen molar-refractivity contribution in [3.63, 3.8) is 0 Å². The van der Waals surface area contributed by atoms with Crippen LogP contribution in [0.15, 0.2) is 78.9 Å². The third-order valence-electron chi connectivity index (χ3n) is 4.89. The molecule has 0 spiro atoms. The van der Waals surface area contributed by atoms with Crippen molar-refractivity contribution in [2.75, 3.05) is 6.26 Å². The first kappa shape index (κ1) is 16.0. The number of benzene rings is 4. The summed E-state index contributed by atoms with van der Waals surface area (Å²) in [5.74, 6) is 0. The fourth-order valence-electron chi connectivity index (χ4n) is 3.79. The molecular formula is C22H16N2O2S. The van der Waals surface area contributed by atoms with Crippen LogP contribution in [0.25, 0.3) is 43.7 Å². The minimum atomic E-state index is -3.58. The van der Waals surface area contributed by atoms with Crippen LogP contribution in [0.3, 0.4) is 0 Å². The van der Waals surface area contributed by atoms with Gasteiger partial charge in [0.2, 0.25) is 0 Å². The molecule has 0 saturated carbocycles. The Hall–Kier alpha value is -3.18. The zero-order chi connectivity index (χ0) is 18.6. The Morgan fingerprint density at radius 3 is 1.85 bits per heavy atom. The van der Waals surface area contributed by atoms with E-state index in [0.717, 1.165) is 32.5 Å². The van der Waals surface area contributed by atoms with Gasteiger partial charge >= 0.3 is 0 Å². The van der Waals surface area contributed by atoms with Crippen LogP contribution in [-0.2, 0) is 10.0 Å². The minimum absolute atomic E-state index is 0.607. The second-order valence-corrected chi connectivity index (χ2v) is 8.45. The quantitative estimate of drug-likeness (QED) is 0.418. The normalized spacial score (nSPS) is 12.2. The molecule has 0 bridgehead atoms. The number of rotatable bonds is 2. The van der Waals surface area contributed by atoms with Gasteiger partial charge in [0.15, 0.2) is 0 Å². The third kappa shape index (κ3) is 2.35. The maximum atomic E-state index is 12.6. The Bertz CT molecular complexity index is 1440. The topological polar surface area (TPSA) is 52.0 Å². The molecular weight excluding hydrogens is 356 g/mol. The largest absolute Gasteiger partial charge is 0.251 e. The van der Waals surface area contributed by atoms with Crippen LogP contribution in [-0.4, -0.2) is 23.9 Å². The van der Waals surface area contributed by atoms with Crippen LogP contribution in [0.2, 0.25) is 0 Å². The number of fused-ring (bicyclic) bond motifs is 6. The smallest absolute Gasteiger partial charge is 0.205 e. The summed E-state index contributed by atoms with van der Waals surface area (Å²) >= 11 is 0. The summed E-state index contributed by atoms with van der Waals surface area (Å²) in [4.78, 5) is 0. The highest BCUT2D eigenvalue weighted by Gasteiger charge is 2.23. The first-order chi connectivity index (χ1) is 13.1. The molecule has 0 fully saturated rings. The first-order valence-electron chi connectivity index (χ1n) is 8.64. The average molecular weight is 372 g/mol. The molecule has 1 aromatic heterocycles. The molecule has 4 aromatic carbocycles. The van der Waals surface area contributed by atoms with Gasteiger partial charge in [0.05, 0.1) is 11.9 Å². The molecule has 0 saturated heterocycles. The molecule has 0 unspecified atom stereocenters. The standard InChI is InChI=1S/C22H16N2O2S/c1-27(25,26)24-22(15-9-3-2-4-10-15)20-18-13-7-5-11-16(18)17-12-6-8-14-19(17)21(20)23-24/h2-14H,1H3. The molecule has 5 rings (SSSR count). The summed E-state index contributed by atoms with van der Waals surface area (Å²) in [5, 5.41) is 9.54. The van der Waals surface area contributed by atoms with E-state index in [1.165, 1.54) is 10.3 Å². The summed E-state index contributed by atoms with van der Waals surface area (Å²) in [6, 6.07) is 25.7. The van der Waals surface area contributed by atoms with Crippen LogP contribution >= 0.6 is 0 Å². The molecule has 1 heterocycles. The van der Waals surface area contributed by atoms with Crippen LogP contribution in [0.4, 0.5) is 0 Å². The lowest BCUT2D eigenvalue weighted by molar-refractivity contribution is 0.588. The fraction of sp³-hybridized carbons (Fsp3) is 0.0455. The number of nitrogens with zero attached hydrogens (tertiary/aromatic N) is 2. The van der Waals surface area contributed by atoms with Gasteiger partial charge in [-0.05, 0) is 16.2 Å². The van der Waals surface area contributed by atoms with Crippen molar-refractivity contribution in [1.29, 1.82) is 0 Å². The second kappa shape index (κ2) is 5.66. The van der Waals surface area contributed by atoms with Gasteiger partial charge in [-0.3, -0.25) is 0 Å². The number of hydrogen-bond donors (Lipinski definition) is 0. The zero-order valence-electron chi connectivity index (χ0n) is 14.6. The van der Waals surface area contributed by atoms with Crippen molar-refractivity contribution in [2.45, 2.75) is 0 Å². The molecule has 0 radical (unpaired) electrons. The molecule has 5 heteroatoms. The molecule has 132 valence electrons. The molecule has 0 aliphatic carbocycles. The van der Waals surface area contributed by atoms with Crippen molar-refractivity contribution >= 4 is 42.5 Å². The number of hydrogen-bond acceptors (Lipinski definition) is 3. The molecule has 27 heavy (non-hydrogen) atoms. The van der Waals surface area contributed by atoms with Crippen LogP contribution in [0.5, 0.6) is 0 Å². The Morgan fingerprint density at radius 2 is 1.22 bits per heavy atom. The average Bonchev–Trinajstić information content (AvgIpc) is 3.10. The third-order valence-corrected chi connectivity index (χ3v) is 5.78. The van der Waals surface area contributed by atoms with Gasteiger partial charge in [0.1, 0.15) is 5.52 Å². The lowest BCUT2D eigenvalue weighted by Gasteiger charge is -2.08. The Labute approximate surface area is 156 Å². The highest BCUT2D eigenvalue weighted by molar-refractivity contribution is 7.89. The predicted octanol–water partition coefficient (Wildman–Crippen LogP) is 4.82. The van der Waals surface area contributed by atoms with E-state index >= 15 is 0 Å². The van der Waals surface area contributed by atoms with Crippen LogP contribution in [0, 0.1) is 0 Å². The van der Waals surface area contributed by atoms with Gasteiger partial charge in [0, 0.05) is 16.3 Å². The van der Waals surface area contributed by atoms with Crippen molar-refractivity contribution < 1.29 is 8.42 Å². The van der Waals surface area contributed by atoms with Gasteiger partial charge in [0.25, 0.3) is 10.0 Å².